The number of hydrogen-bond acceptors (Lipinski definition) is 3. The van der Waals surface area contributed by atoms with Gasteiger partial charge >= 0.3 is 0 Å². The number of anilines is 1. The van der Waals surface area contributed by atoms with Gasteiger partial charge in [0, 0.05) is 31.9 Å². The van der Waals surface area contributed by atoms with Crippen LogP contribution >= 0.6 is 0 Å². The maximum Gasteiger partial charge on any atom is 0.0506 e. The van der Waals surface area contributed by atoms with E-state index >= 15 is 0 Å². The average molecular weight is 260 g/mol. The molecule has 1 N–H and O–H groups in total. The van der Waals surface area contributed by atoms with E-state index in [4.69, 9.17) is 4.74 Å². The molecule has 2 heterocycles. The predicted molar refractivity (Wildman–Crippen MR) is 78.5 cm³/mol. The highest BCUT2D eigenvalue weighted by Crippen LogP contribution is 2.24. The first-order chi connectivity index (χ1) is 9.31. The van der Waals surface area contributed by atoms with Crippen LogP contribution in [0.5, 0.6) is 0 Å². The van der Waals surface area contributed by atoms with E-state index in [0.29, 0.717) is 5.92 Å². The number of benzene rings is 1. The topological polar surface area (TPSA) is 24.5 Å². The lowest BCUT2D eigenvalue weighted by molar-refractivity contribution is 0.0411. The molecule has 0 aromatic heterocycles. The Bertz CT molecular complexity index is 427. The number of hydrogen-bond donors (Lipinski definition) is 1. The van der Waals surface area contributed by atoms with E-state index in [1.807, 2.05) is 0 Å². The predicted octanol–water partition coefficient (Wildman–Crippen LogP) is 2.51. The van der Waals surface area contributed by atoms with Gasteiger partial charge in [0.25, 0.3) is 0 Å². The second kappa shape index (κ2) is 5.93. The smallest absolute Gasteiger partial charge is 0.0506 e. The Balaban J connectivity index is 1.55. The summed E-state index contributed by atoms with van der Waals surface area (Å²) in [6.07, 6.45) is 3.71. The lowest BCUT2D eigenvalue weighted by Crippen LogP contribution is -2.30. The number of ether oxygens (including phenoxy) is 1. The zero-order chi connectivity index (χ0) is 13.1. The monoisotopic (exact) mass is 260 g/mol. The van der Waals surface area contributed by atoms with Crippen molar-refractivity contribution in [3.63, 3.8) is 0 Å². The summed E-state index contributed by atoms with van der Waals surface area (Å²) in [6, 6.07) is 6.87. The second-order valence-electron chi connectivity index (χ2n) is 5.95. The minimum atomic E-state index is 0.714. The minimum Gasteiger partial charge on any atom is -0.384 e. The summed E-state index contributed by atoms with van der Waals surface area (Å²) in [5, 5.41) is 3.46. The number of nitrogens with zero attached hydrogens (tertiary/aromatic N) is 1. The molecule has 2 aliphatic rings. The average Bonchev–Trinajstić information content (AvgIpc) is 2.87. The van der Waals surface area contributed by atoms with Gasteiger partial charge in [0.2, 0.25) is 0 Å². The van der Waals surface area contributed by atoms with Crippen molar-refractivity contribution in [3.8, 4) is 0 Å². The highest BCUT2D eigenvalue weighted by molar-refractivity contribution is 5.56. The Labute approximate surface area is 115 Å². The highest BCUT2D eigenvalue weighted by atomic mass is 16.5. The lowest BCUT2D eigenvalue weighted by Gasteiger charge is -2.27. The fraction of sp³-hybridized carbons (Fsp3) is 0.625. The van der Waals surface area contributed by atoms with Crippen LogP contribution in [0.25, 0.3) is 0 Å². The van der Waals surface area contributed by atoms with Crippen LogP contribution in [0, 0.1) is 5.92 Å². The maximum absolute atomic E-state index is 5.56. The molecule has 0 bridgehead atoms. The normalized spacial score (nSPS) is 22.3. The Morgan fingerprint density at radius 2 is 2.37 bits per heavy atom. The van der Waals surface area contributed by atoms with Crippen LogP contribution in [-0.4, -0.2) is 38.3 Å². The molecule has 1 aromatic rings. The molecule has 0 saturated carbocycles. The van der Waals surface area contributed by atoms with Crippen LogP contribution in [0.1, 0.15) is 24.0 Å². The SMILES string of the molecule is CN(Cc1ccc2c(c1)NCC2)CC1CCCOC1. The third kappa shape index (κ3) is 3.28. The third-order valence-electron chi connectivity index (χ3n) is 4.16. The Hall–Kier alpha value is -1.06. The van der Waals surface area contributed by atoms with Crippen molar-refractivity contribution in [2.24, 2.45) is 5.92 Å². The van der Waals surface area contributed by atoms with E-state index in [2.05, 4.69) is 35.5 Å². The number of fused-ring (bicyclic) bond motifs is 1. The molecule has 19 heavy (non-hydrogen) atoms. The molecule has 1 fully saturated rings. The molecule has 3 heteroatoms. The van der Waals surface area contributed by atoms with Gasteiger partial charge in [-0.3, -0.25) is 0 Å². The maximum atomic E-state index is 5.56. The molecule has 3 rings (SSSR count). The van der Waals surface area contributed by atoms with E-state index in [9.17, 15) is 0 Å². The van der Waals surface area contributed by atoms with Crippen LogP contribution < -0.4 is 5.32 Å². The van der Waals surface area contributed by atoms with Crippen molar-refractivity contribution in [1.29, 1.82) is 0 Å². The lowest BCUT2D eigenvalue weighted by atomic mass is 10.0. The minimum absolute atomic E-state index is 0.714. The molecule has 0 aliphatic carbocycles. The summed E-state index contributed by atoms with van der Waals surface area (Å²) < 4.78 is 5.56. The molecule has 104 valence electrons. The summed E-state index contributed by atoms with van der Waals surface area (Å²) in [4.78, 5) is 2.43. The van der Waals surface area contributed by atoms with Gasteiger partial charge in [0.15, 0.2) is 0 Å². The molecular formula is C16H24N2O. The zero-order valence-corrected chi connectivity index (χ0v) is 11.8. The van der Waals surface area contributed by atoms with Crippen LogP contribution in [0.4, 0.5) is 5.69 Å². The molecule has 1 aromatic carbocycles. The van der Waals surface area contributed by atoms with Gasteiger partial charge in [-0.15, -0.1) is 0 Å². The van der Waals surface area contributed by atoms with Gasteiger partial charge in [-0.05, 0) is 49.4 Å². The van der Waals surface area contributed by atoms with E-state index in [0.717, 1.165) is 32.8 Å². The number of nitrogens with one attached hydrogen (secondary N) is 1. The summed E-state index contributed by atoms with van der Waals surface area (Å²) >= 11 is 0. The van der Waals surface area contributed by atoms with E-state index < -0.39 is 0 Å². The Morgan fingerprint density at radius 1 is 1.42 bits per heavy atom. The van der Waals surface area contributed by atoms with E-state index in [-0.39, 0.29) is 0 Å². The first-order valence-electron chi connectivity index (χ1n) is 7.43. The standard InChI is InChI=1S/C16H24N2O/c1-18(11-14-3-2-8-19-12-14)10-13-4-5-15-6-7-17-16(15)9-13/h4-5,9,14,17H,2-3,6-8,10-12H2,1H3. The van der Waals surface area contributed by atoms with Crippen molar-refractivity contribution in [3.05, 3.63) is 29.3 Å². The van der Waals surface area contributed by atoms with E-state index in [1.54, 1.807) is 0 Å². The van der Waals surface area contributed by atoms with Gasteiger partial charge in [0.1, 0.15) is 0 Å². The van der Waals surface area contributed by atoms with Gasteiger partial charge in [-0.25, -0.2) is 0 Å². The molecule has 0 spiro atoms. The van der Waals surface area contributed by atoms with Gasteiger partial charge in [-0.2, -0.15) is 0 Å². The summed E-state index contributed by atoms with van der Waals surface area (Å²) in [5.74, 6) is 0.714. The van der Waals surface area contributed by atoms with Crippen LogP contribution in [0.15, 0.2) is 18.2 Å². The molecular weight excluding hydrogens is 236 g/mol. The summed E-state index contributed by atoms with van der Waals surface area (Å²) in [5.41, 5.74) is 4.21. The molecule has 0 amide bonds. The fourth-order valence-electron chi connectivity index (χ4n) is 3.20. The van der Waals surface area contributed by atoms with Crippen molar-refractivity contribution in [2.45, 2.75) is 25.8 Å². The molecule has 0 radical (unpaired) electrons. The first kappa shape index (κ1) is 12.9. The van der Waals surface area contributed by atoms with E-state index in [1.165, 1.54) is 36.1 Å². The van der Waals surface area contributed by atoms with Gasteiger partial charge in [0.05, 0.1) is 6.61 Å². The van der Waals surface area contributed by atoms with Gasteiger partial charge < -0.3 is 15.0 Å². The molecule has 2 aliphatic heterocycles. The molecule has 3 nitrogen and oxygen atoms in total. The molecule has 1 saturated heterocycles. The summed E-state index contributed by atoms with van der Waals surface area (Å²) in [6.45, 7) is 5.16. The summed E-state index contributed by atoms with van der Waals surface area (Å²) in [7, 11) is 2.22. The second-order valence-corrected chi connectivity index (χ2v) is 5.95. The Kier molecular flexibility index (Phi) is 4.04. The quantitative estimate of drug-likeness (QED) is 0.900. The van der Waals surface area contributed by atoms with Crippen LogP contribution in [0.3, 0.4) is 0 Å². The fourth-order valence-corrected chi connectivity index (χ4v) is 3.20. The van der Waals surface area contributed by atoms with Crippen molar-refractivity contribution in [2.75, 3.05) is 38.7 Å². The van der Waals surface area contributed by atoms with Crippen molar-refractivity contribution >= 4 is 5.69 Å². The third-order valence-corrected chi connectivity index (χ3v) is 4.16. The van der Waals surface area contributed by atoms with Crippen LogP contribution in [-0.2, 0) is 17.7 Å². The van der Waals surface area contributed by atoms with Gasteiger partial charge in [-0.1, -0.05) is 12.1 Å². The van der Waals surface area contributed by atoms with Crippen LogP contribution in [0.2, 0.25) is 0 Å². The highest BCUT2D eigenvalue weighted by Gasteiger charge is 2.16. The molecule has 1 atom stereocenters. The Morgan fingerprint density at radius 3 is 3.21 bits per heavy atom. The van der Waals surface area contributed by atoms with Crippen molar-refractivity contribution < 1.29 is 4.74 Å². The largest absolute Gasteiger partial charge is 0.384 e. The number of rotatable bonds is 4. The zero-order valence-electron chi connectivity index (χ0n) is 11.8. The first-order valence-corrected chi connectivity index (χ1v) is 7.43. The molecule has 1 unspecified atom stereocenters. The van der Waals surface area contributed by atoms with Crippen molar-refractivity contribution in [1.82, 2.24) is 4.90 Å².